The molecule has 0 atom stereocenters. The first-order valence-corrected chi connectivity index (χ1v) is 23.7. The van der Waals surface area contributed by atoms with Gasteiger partial charge in [0.25, 0.3) is 0 Å². The molecule has 390 valence electrons. The van der Waals surface area contributed by atoms with Crippen LogP contribution in [0, 0.1) is 83.1 Å². The molecule has 0 spiro atoms. The highest BCUT2D eigenvalue weighted by Gasteiger charge is 1.91. The Labute approximate surface area is 416 Å². The van der Waals surface area contributed by atoms with E-state index >= 15 is 0 Å². The molecule has 69 heavy (non-hydrogen) atoms. The van der Waals surface area contributed by atoms with E-state index in [0.717, 1.165) is 44.6 Å². The van der Waals surface area contributed by atoms with Crippen LogP contribution in [0.4, 0.5) is 0 Å². The van der Waals surface area contributed by atoms with Crippen LogP contribution in [0.3, 0.4) is 0 Å². The summed E-state index contributed by atoms with van der Waals surface area (Å²) in [6.45, 7) is 46.4. The van der Waals surface area contributed by atoms with Gasteiger partial charge in [0.1, 0.15) is 45.9 Å². The maximum absolute atomic E-state index is 4.86. The van der Waals surface area contributed by atoms with E-state index in [4.69, 9.17) is 4.42 Å². The van der Waals surface area contributed by atoms with Gasteiger partial charge < -0.3 is 23.4 Å². The Morgan fingerprint density at radius 3 is 1.12 bits per heavy atom. The number of hydrogen-bond acceptors (Lipinski definition) is 18. The molecule has 0 aliphatic rings. The highest BCUT2D eigenvalue weighted by atomic mass is 32.1. The standard InChI is InChI=1S/2C4H6N2O.C4H6N2S.3C4H6N2.C4H5NO.2C3H5N3.6C2H6/c1-3-5-6-4(2)7-3;1-3-5-4(2)7-6-3;1-3-5-6-4(2)7-3;1-4-2-5-3-6-4;1-4-5-2-3-6-4;2*1-4-2-3-5-6-4;2*1-3-4-2-5-6-3;6*1-2/h3*1-2H3;3*2-3H,1H3,(H,5,6);2-3H,1H3;2*2H,1H3,(H,4,5,6);6*1-2H3. The van der Waals surface area contributed by atoms with Gasteiger partial charge in [0.15, 0.2) is 5.82 Å². The molecule has 0 aliphatic carbocycles. The summed E-state index contributed by atoms with van der Waals surface area (Å²) in [5.74, 6) is 6.10. The summed E-state index contributed by atoms with van der Waals surface area (Å²) in [6, 6.07) is 3.72. The fraction of sp³-hybridized carbons (Fsp3) is 0.522. The summed E-state index contributed by atoms with van der Waals surface area (Å²) in [4.78, 5) is 24.7. The van der Waals surface area contributed by atoms with E-state index in [9.17, 15) is 0 Å². The molecule has 23 heteroatoms. The molecule has 0 radical (unpaired) electrons. The number of imidazole rings is 2. The third kappa shape index (κ3) is 55.2. The van der Waals surface area contributed by atoms with Crippen molar-refractivity contribution in [1.82, 2.24) is 96.2 Å². The van der Waals surface area contributed by atoms with Crippen LogP contribution in [-0.2, 0) is 0 Å². The molecule has 0 amide bonds. The zero-order valence-corrected chi connectivity index (χ0v) is 47.0. The Morgan fingerprint density at radius 1 is 0.478 bits per heavy atom. The number of nitrogens with zero attached hydrogens (tertiary/aromatic N) is 14. The molecule has 9 aromatic rings. The SMILES string of the molecule is CC.CC.CC.CC.CC.CC.Cc1ccn[nH]1.Cc1ccno1.Cc1cnc[nH]1.Cc1ncc[nH]1.Cc1ncn[nH]1.Cc1ncn[nH]1.Cc1nnc(C)o1.Cc1nnc(C)s1.Cc1noc(C)n1. The minimum Gasteiger partial charge on any atom is -0.426 e. The molecule has 5 N–H and O–H groups in total. The minimum absolute atomic E-state index is 0.623. The molecule has 0 fully saturated rings. The summed E-state index contributed by atoms with van der Waals surface area (Å²) in [7, 11) is 0. The fourth-order valence-electron chi connectivity index (χ4n) is 3.00. The molecule has 0 aromatic carbocycles. The number of hydrogen-bond donors (Lipinski definition) is 5. The van der Waals surface area contributed by atoms with Gasteiger partial charge in [0.05, 0.1) is 12.5 Å². The van der Waals surface area contributed by atoms with Crippen molar-refractivity contribution in [3.05, 3.63) is 130 Å². The number of aromatic nitrogens is 19. The zero-order valence-electron chi connectivity index (χ0n) is 46.2. The van der Waals surface area contributed by atoms with E-state index in [1.54, 1.807) is 82.4 Å². The van der Waals surface area contributed by atoms with Crippen LogP contribution in [0.2, 0.25) is 0 Å². The second kappa shape index (κ2) is 57.1. The molecule has 0 unspecified atom stereocenters. The number of aryl methyl sites for hydroxylation is 12. The lowest BCUT2D eigenvalue weighted by Gasteiger charge is -1.70. The number of rotatable bonds is 0. The molecule has 0 saturated carbocycles. The third-order valence-corrected chi connectivity index (χ3v) is 6.18. The van der Waals surface area contributed by atoms with Crippen LogP contribution in [0.1, 0.15) is 151 Å². The van der Waals surface area contributed by atoms with Crippen LogP contribution in [0.5, 0.6) is 0 Å². The van der Waals surface area contributed by atoms with E-state index in [0.29, 0.717) is 23.5 Å². The highest BCUT2D eigenvalue weighted by Crippen LogP contribution is 2.04. The van der Waals surface area contributed by atoms with Gasteiger partial charge in [-0.1, -0.05) is 93.4 Å². The lowest BCUT2D eigenvalue weighted by atomic mass is 10.5. The molecule has 9 rings (SSSR count). The van der Waals surface area contributed by atoms with Crippen molar-refractivity contribution in [3.8, 4) is 0 Å². The zero-order chi connectivity index (χ0) is 54.3. The largest absolute Gasteiger partial charge is 0.426 e. The first-order valence-electron chi connectivity index (χ1n) is 22.9. The Morgan fingerprint density at radius 2 is 1.00 bits per heavy atom. The first-order chi connectivity index (χ1) is 33.2. The average molecular weight is 986 g/mol. The summed E-state index contributed by atoms with van der Waals surface area (Å²) in [5, 5.41) is 42.7. The predicted octanol–water partition coefficient (Wildman–Crippen LogP) is 12.0. The highest BCUT2D eigenvalue weighted by molar-refractivity contribution is 7.11. The number of nitrogens with one attached hydrogen (secondary N) is 5. The number of H-pyrrole nitrogens is 5. The molecule has 22 nitrogen and oxygen atoms in total. The fourth-order valence-corrected chi connectivity index (χ4v) is 3.59. The maximum atomic E-state index is 4.86. The van der Waals surface area contributed by atoms with Gasteiger partial charge in [-0.25, -0.2) is 19.9 Å². The maximum Gasteiger partial charge on any atom is 0.223 e. The van der Waals surface area contributed by atoms with Crippen molar-refractivity contribution in [2.24, 2.45) is 0 Å². The molecule has 0 aliphatic heterocycles. The predicted molar refractivity (Wildman–Crippen MR) is 278 cm³/mol. The van der Waals surface area contributed by atoms with Gasteiger partial charge in [0, 0.05) is 63.0 Å². The van der Waals surface area contributed by atoms with E-state index in [1.165, 1.54) is 12.7 Å². The minimum atomic E-state index is 0.623. The van der Waals surface area contributed by atoms with Gasteiger partial charge in [-0.05, 0) is 68.4 Å². The van der Waals surface area contributed by atoms with Gasteiger partial charge in [-0.3, -0.25) is 15.3 Å². The summed E-state index contributed by atoms with van der Waals surface area (Å²) in [5.41, 5.74) is 2.21. The molecule has 0 bridgehead atoms. The quantitative estimate of drug-likeness (QED) is 0.0943. The molecule has 0 saturated heterocycles. The van der Waals surface area contributed by atoms with Crippen molar-refractivity contribution in [3.63, 3.8) is 0 Å². The normalized spacial score (nSPS) is 8.00. The van der Waals surface area contributed by atoms with Gasteiger partial charge in [0.2, 0.25) is 17.7 Å². The summed E-state index contributed by atoms with van der Waals surface area (Å²) < 4.78 is 14.0. The molecular weight excluding hydrogens is 899 g/mol. The van der Waals surface area contributed by atoms with E-state index in [-0.39, 0.29) is 0 Å². The second-order valence-corrected chi connectivity index (χ2v) is 12.3. The van der Waals surface area contributed by atoms with Gasteiger partial charge in [-0.15, -0.1) is 31.7 Å². The van der Waals surface area contributed by atoms with Gasteiger partial charge >= 0.3 is 0 Å². The average Bonchev–Trinajstić information content (AvgIpc) is 4.20. The van der Waals surface area contributed by atoms with Crippen molar-refractivity contribution in [2.75, 3.05) is 0 Å². The van der Waals surface area contributed by atoms with Gasteiger partial charge in [-0.2, -0.15) is 20.3 Å². The van der Waals surface area contributed by atoms with Crippen molar-refractivity contribution in [2.45, 2.75) is 166 Å². The number of aromatic amines is 5. The Balaban J connectivity index is -0.000000157. The monoisotopic (exact) mass is 986 g/mol. The van der Waals surface area contributed by atoms with Crippen LogP contribution >= 0.6 is 11.3 Å². The van der Waals surface area contributed by atoms with Crippen LogP contribution in [-0.4, -0.2) is 96.2 Å². The van der Waals surface area contributed by atoms with Crippen LogP contribution in [0.15, 0.2) is 75.6 Å². The Hall–Kier alpha value is -7.04. The van der Waals surface area contributed by atoms with Crippen molar-refractivity contribution < 1.29 is 13.5 Å². The summed E-state index contributed by atoms with van der Waals surface area (Å²) >= 11 is 1.62. The first kappa shape index (κ1) is 73.5. The van der Waals surface area contributed by atoms with Crippen molar-refractivity contribution >= 4 is 11.3 Å². The van der Waals surface area contributed by atoms with E-state index in [2.05, 4.69) is 105 Å². The second-order valence-electron chi connectivity index (χ2n) is 11.0. The lowest BCUT2D eigenvalue weighted by molar-refractivity contribution is 0.389. The molecular formula is C46H87N19O3S. The Kier molecular flexibility index (Phi) is 60.8. The van der Waals surface area contributed by atoms with Crippen molar-refractivity contribution in [1.29, 1.82) is 0 Å². The third-order valence-electron chi connectivity index (χ3n) is 5.43. The van der Waals surface area contributed by atoms with Crippen LogP contribution < -0.4 is 0 Å². The topological polar surface area (TPSA) is 299 Å². The molecule has 9 aromatic heterocycles. The van der Waals surface area contributed by atoms with E-state index in [1.807, 2.05) is 145 Å². The smallest absolute Gasteiger partial charge is 0.223 e. The summed E-state index contributed by atoms with van der Waals surface area (Å²) in [6.07, 6.45) is 13.3. The van der Waals surface area contributed by atoms with Crippen LogP contribution in [0.25, 0.3) is 0 Å². The molecule has 9 heterocycles. The van der Waals surface area contributed by atoms with E-state index < -0.39 is 0 Å². The lowest BCUT2D eigenvalue weighted by Crippen LogP contribution is -1.70. The Bertz CT molecular complexity index is 1740.